The number of carbonyl (C=O) groups excluding carboxylic acids is 3. The van der Waals surface area contributed by atoms with E-state index in [1.165, 1.54) is 11.1 Å². The molecule has 192 valence electrons. The van der Waals surface area contributed by atoms with Crippen LogP contribution in [0.2, 0.25) is 0 Å². The molecule has 0 unspecified atom stereocenters. The molecule has 6 atom stereocenters. The van der Waals surface area contributed by atoms with Crippen LogP contribution in [0.1, 0.15) is 76.0 Å². The first-order valence-corrected chi connectivity index (χ1v) is 13.2. The van der Waals surface area contributed by atoms with E-state index in [-0.39, 0.29) is 35.9 Å². The van der Waals surface area contributed by atoms with Gasteiger partial charge in [-0.05, 0) is 77.0 Å². The molecule has 2 saturated heterocycles. The summed E-state index contributed by atoms with van der Waals surface area (Å²) in [5.74, 6) is -0.479. The molecule has 8 heteroatoms. The summed E-state index contributed by atoms with van der Waals surface area (Å²) >= 11 is 0. The van der Waals surface area contributed by atoms with Gasteiger partial charge in [0.25, 0.3) is 0 Å². The van der Waals surface area contributed by atoms with Crippen LogP contribution in [0.3, 0.4) is 0 Å². The third-order valence-electron chi connectivity index (χ3n) is 7.91. The Morgan fingerprint density at radius 2 is 1.86 bits per heavy atom. The summed E-state index contributed by atoms with van der Waals surface area (Å²) < 4.78 is 5.90. The Morgan fingerprint density at radius 1 is 1.09 bits per heavy atom. The van der Waals surface area contributed by atoms with Crippen LogP contribution in [-0.4, -0.2) is 66.5 Å². The van der Waals surface area contributed by atoms with Gasteiger partial charge in [-0.2, -0.15) is 0 Å². The van der Waals surface area contributed by atoms with Crippen LogP contribution < -0.4 is 16.0 Å². The number of rotatable bonds is 7. The van der Waals surface area contributed by atoms with Gasteiger partial charge in [0, 0.05) is 19.1 Å². The van der Waals surface area contributed by atoms with Crippen molar-refractivity contribution in [3.63, 3.8) is 0 Å². The van der Waals surface area contributed by atoms with Crippen LogP contribution in [-0.2, 0) is 25.5 Å². The van der Waals surface area contributed by atoms with Crippen molar-refractivity contribution in [1.82, 2.24) is 20.9 Å². The van der Waals surface area contributed by atoms with Crippen LogP contribution in [0.25, 0.3) is 0 Å². The predicted molar refractivity (Wildman–Crippen MR) is 134 cm³/mol. The molecule has 2 heterocycles. The number of amides is 3. The van der Waals surface area contributed by atoms with Gasteiger partial charge in [0.2, 0.25) is 17.7 Å². The van der Waals surface area contributed by atoms with Crippen LogP contribution in [0.5, 0.6) is 0 Å². The molecule has 1 aromatic carbocycles. The maximum atomic E-state index is 13.8. The normalized spacial score (nSPS) is 29.4. The first-order valence-electron chi connectivity index (χ1n) is 13.2. The molecule has 0 bridgehead atoms. The van der Waals surface area contributed by atoms with Crippen molar-refractivity contribution in [2.45, 2.75) is 102 Å². The third kappa shape index (κ3) is 5.70. The molecule has 3 amide bonds. The summed E-state index contributed by atoms with van der Waals surface area (Å²) in [4.78, 5) is 41.8. The Kier molecular flexibility index (Phi) is 8.44. The van der Waals surface area contributed by atoms with E-state index in [0.29, 0.717) is 19.4 Å². The average molecular weight is 485 g/mol. The molecular weight excluding hydrogens is 444 g/mol. The van der Waals surface area contributed by atoms with Crippen molar-refractivity contribution >= 4 is 17.7 Å². The zero-order valence-electron chi connectivity index (χ0n) is 21.2. The zero-order valence-corrected chi connectivity index (χ0v) is 21.2. The van der Waals surface area contributed by atoms with Crippen LogP contribution in [0.4, 0.5) is 0 Å². The van der Waals surface area contributed by atoms with Crippen LogP contribution in [0.15, 0.2) is 24.3 Å². The first kappa shape index (κ1) is 25.6. The number of fused-ring (bicyclic) bond motifs is 2. The molecule has 1 aromatic rings. The summed E-state index contributed by atoms with van der Waals surface area (Å²) in [6.45, 7) is 4.28. The van der Waals surface area contributed by atoms with Gasteiger partial charge in [-0.25, -0.2) is 0 Å². The molecule has 0 saturated carbocycles. The van der Waals surface area contributed by atoms with Gasteiger partial charge in [-0.3, -0.25) is 14.4 Å². The van der Waals surface area contributed by atoms with Gasteiger partial charge >= 0.3 is 0 Å². The maximum absolute atomic E-state index is 13.8. The van der Waals surface area contributed by atoms with Gasteiger partial charge in [0.15, 0.2) is 0 Å². The summed E-state index contributed by atoms with van der Waals surface area (Å²) in [6, 6.07) is 6.63. The number of aryl methyl sites for hydroxylation is 1. The Balaban J connectivity index is 1.52. The fourth-order valence-electron chi connectivity index (χ4n) is 5.90. The summed E-state index contributed by atoms with van der Waals surface area (Å²) in [7, 11) is 1.72. The highest BCUT2D eigenvalue weighted by Crippen LogP contribution is 2.34. The lowest BCUT2D eigenvalue weighted by molar-refractivity contribution is -0.146. The van der Waals surface area contributed by atoms with Crippen molar-refractivity contribution < 1.29 is 19.1 Å². The minimum Gasteiger partial charge on any atom is -0.378 e. The van der Waals surface area contributed by atoms with Crippen molar-refractivity contribution in [2.75, 3.05) is 13.7 Å². The molecule has 8 nitrogen and oxygen atoms in total. The lowest BCUT2D eigenvalue weighted by atomic mass is 9.87. The van der Waals surface area contributed by atoms with Gasteiger partial charge < -0.3 is 25.6 Å². The summed E-state index contributed by atoms with van der Waals surface area (Å²) in [5, 5.41) is 9.13. The fourth-order valence-corrected chi connectivity index (χ4v) is 5.90. The highest BCUT2D eigenvalue weighted by Gasteiger charge is 2.45. The standard InChI is InChI=1S/C27H40N4O4/c1-4-35-20-14-12-19-13-15-24(31(19)27(34)23(16-20)30-25(32)17(2)28-3)26(33)29-22-11-7-9-18-8-5-6-10-21(18)22/h5-6,8,10,17,19-20,22-24,28H,4,7,9,11-16H2,1-3H3,(H,29,33)(H,30,32)/t17-,19-,20+,22+,23-,24-/m0/s1. The minimum absolute atomic E-state index is 0.0127. The first-order chi connectivity index (χ1) is 16.9. The molecular formula is C27H40N4O4. The quantitative estimate of drug-likeness (QED) is 0.551. The van der Waals surface area contributed by atoms with E-state index in [2.05, 4.69) is 28.1 Å². The second-order valence-corrected chi connectivity index (χ2v) is 10.1. The third-order valence-corrected chi connectivity index (χ3v) is 7.91. The Hall–Kier alpha value is -2.45. The number of hydrogen-bond donors (Lipinski definition) is 3. The molecule has 0 aromatic heterocycles. The Morgan fingerprint density at radius 3 is 2.63 bits per heavy atom. The molecule has 1 aliphatic carbocycles. The number of hydrogen-bond acceptors (Lipinski definition) is 5. The average Bonchev–Trinajstić information content (AvgIpc) is 3.29. The van der Waals surface area contributed by atoms with E-state index in [4.69, 9.17) is 4.74 Å². The van der Waals surface area contributed by atoms with Crippen molar-refractivity contribution in [2.24, 2.45) is 0 Å². The fraction of sp³-hybridized carbons (Fsp3) is 0.667. The number of nitrogens with zero attached hydrogens (tertiary/aromatic N) is 1. The summed E-state index contributed by atoms with van der Waals surface area (Å²) in [5.41, 5.74) is 2.48. The molecule has 35 heavy (non-hydrogen) atoms. The van der Waals surface area contributed by atoms with Crippen LogP contribution >= 0.6 is 0 Å². The maximum Gasteiger partial charge on any atom is 0.246 e. The molecule has 4 rings (SSSR count). The molecule has 3 N–H and O–H groups in total. The summed E-state index contributed by atoms with van der Waals surface area (Å²) in [6.07, 6.45) is 6.35. The van der Waals surface area contributed by atoms with Crippen LogP contribution in [0, 0.1) is 0 Å². The highest BCUT2D eigenvalue weighted by molar-refractivity contribution is 5.94. The second kappa shape index (κ2) is 11.5. The highest BCUT2D eigenvalue weighted by atomic mass is 16.5. The van der Waals surface area contributed by atoms with E-state index >= 15 is 0 Å². The molecule has 2 fully saturated rings. The second-order valence-electron chi connectivity index (χ2n) is 10.1. The number of carbonyl (C=O) groups is 3. The van der Waals surface area contributed by atoms with Gasteiger partial charge in [0.1, 0.15) is 12.1 Å². The van der Waals surface area contributed by atoms with E-state index < -0.39 is 18.1 Å². The molecule has 0 spiro atoms. The minimum atomic E-state index is -0.707. The van der Waals surface area contributed by atoms with Crippen molar-refractivity contribution in [3.05, 3.63) is 35.4 Å². The smallest absolute Gasteiger partial charge is 0.246 e. The molecule has 2 aliphatic heterocycles. The Bertz CT molecular complexity index is 922. The Labute approximate surface area is 208 Å². The van der Waals surface area contributed by atoms with Crippen molar-refractivity contribution in [1.29, 1.82) is 0 Å². The van der Waals surface area contributed by atoms with Crippen molar-refractivity contribution in [3.8, 4) is 0 Å². The number of likely N-dealkylation sites (N-methyl/N-ethyl adjacent to an activating group) is 1. The van der Waals surface area contributed by atoms with E-state index in [1.54, 1.807) is 18.9 Å². The lowest BCUT2D eigenvalue weighted by Gasteiger charge is -2.38. The van der Waals surface area contributed by atoms with Gasteiger partial charge in [-0.1, -0.05) is 24.3 Å². The zero-order chi connectivity index (χ0) is 24.9. The number of benzene rings is 1. The topological polar surface area (TPSA) is 99.8 Å². The van der Waals surface area contributed by atoms with E-state index in [1.807, 2.05) is 19.1 Å². The van der Waals surface area contributed by atoms with E-state index in [0.717, 1.165) is 38.5 Å². The predicted octanol–water partition coefficient (Wildman–Crippen LogP) is 2.22. The number of nitrogens with one attached hydrogen (secondary N) is 3. The largest absolute Gasteiger partial charge is 0.378 e. The van der Waals surface area contributed by atoms with Gasteiger partial charge in [0.05, 0.1) is 18.2 Å². The van der Waals surface area contributed by atoms with E-state index in [9.17, 15) is 14.4 Å². The molecule has 3 aliphatic rings. The lowest BCUT2D eigenvalue weighted by Crippen LogP contribution is -2.59. The van der Waals surface area contributed by atoms with Gasteiger partial charge in [-0.15, -0.1) is 0 Å². The monoisotopic (exact) mass is 484 g/mol. The number of ether oxygens (including phenoxy) is 1. The SMILES string of the molecule is CCO[C@@H]1CC[C@H]2CC[C@@H](C(=O)N[C@@H]3CCCc4ccccc43)N2C(=O)[C@@H](NC(=O)[C@H](C)NC)C1. The molecule has 0 radical (unpaired) electrons.